The summed E-state index contributed by atoms with van der Waals surface area (Å²) < 4.78 is 8.97. The molecule has 0 amide bonds. The molecule has 0 saturated carbocycles. The zero-order chi connectivity index (χ0) is 20.3. The quantitative estimate of drug-likeness (QED) is 0.427. The average molecular weight is 400 g/mol. The Balaban J connectivity index is 1.76. The molecule has 0 aliphatic rings. The Morgan fingerprint density at radius 2 is 1.96 bits per heavy atom. The summed E-state index contributed by atoms with van der Waals surface area (Å²) in [6.45, 7) is 9.38. The lowest BCUT2D eigenvalue weighted by atomic mass is 10.1. The molecule has 0 unspecified atom stereocenters. The van der Waals surface area contributed by atoms with Crippen LogP contribution >= 0.6 is 11.8 Å². The van der Waals surface area contributed by atoms with Crippen molar-refractivity contribution in [2.45, 2.75) is 39.4 Å². The number of carbonyl (C=O) groups excluding carboxylic acids is 1. The number of rotatable bonds is 8. The van der Waals surface area contributed by atoms with Gasteiger partial charge in [-0.05, 0) is 61.4 Å². The van der Waals surface area contributed by atoms with Gasteiger partial charge in [0.2, 0.25) is 5.16 Å². The van der Waals surface area contributed by atoms with E-state index in [2.05, 4.69) is 26.2 Å². The molecule has 28 heavy (non-hydrogen) atoms. The van der Waals surface area contributed by atoms with Crippen molar-refractivity contribution in [3.05, 3.63) is 52.3 Å². The standard InChI is InChI=1S/C20H25N5O2S/c1-13-6-7-14(2)18(10-13)25-20(21-22-23-25)28-12-19(26)17-11-15(3)24(16(17)4)8-9-27-5/h6-7,10-11H,8-9,12H2,1-5H3. The van der Waals surface area contributed by atoms with Crippen LogP contribution in [-0.4, -0.2) is 50.0 Å². The number of thioether (sulfide) groups is 1. The lowest BCUT2D eigenvalue weighted by Crippen LogP contribution is -2.10. The summed E-state index contributed by atoms with van der Waals surface area (Å²) in [4.78, 5) is 12.8. The van der Waals surface area contributed by atoms with Gasteiger partial charge in [0, 0.05) is 30.6 Å². The third kappa shape index (κ3) is 4.18. The summed E-state index contributed by atoms with van der Waals surface area (Å²) in [5.41, 5.74) is 5.90. The van der Waals surface area contributed by atoms with Gasteiger partial charge in [0.25, 0.3) is 0 Å². The van der Waals surface area contributed by atoms with Crippen LogP contribution in [0.3, 0.4) is 0 Å². The van der Waals surface area contributed by atoms with Crippen LogP contribution in [0.5, 0.6) is 0 Å². The van der Waals surface area contributed by atoms with Gasteiger partial charge < -0.3 is 9.30 Å². The smallest absolute Gasteiger partial charge is 0.214 e. The van der Waals surface area contributed by atoms with E-state index in [0.29, 0.717) is 11.8 Å². The Kier molecular flexibility index (Phi) is 6.31. The maximum absolute atomic E-state index is 12.8. The molecule has 0 radical (unpaired) electrons. The monoisotopic (exact) mass is 399 g/mol. The van der Waals surface area contributed by atoms with Crippen molar-refractivity contribution in [3.8, 4) is 5.69 Å². The lowest BCUT2D eigenvalue weighted by Gasteiger charge is -2.09. The Hall–Kier alpha value is -2.45. The Bertz CT molecular complexity index is 993. The van der Waals surface area contributed by atoms with Crippen molar-refractivity contribution in [3.63, 3.8) is 0 Å². The number of hydrogen-bond donors (Lipinski definition) is 0. The molecule has 3 aromatic rings. The molecule has 0 bridgehead atoms. The number of tetrazole rings is 1. The molecule has 0 aliphatic carbocycles. The van der Waals surface area contributed by atoms with E-state index in [0.717, 1.165) is 40.3 Å². The lowest BCUT2D eigenvalue weighted by molar-refractivity contribution is 0.102. The summed E-state index contributed by atoms with van der Waals surface area (Å²) in [7, 11) is 1.68. The van der Waals surface area contributed by atoms with Gasteiger partial charge in [-0.15, -0.1) is 5.10 Å². The summed E-state index contributed by atoms with van der Waals surface area (Å²) in [6, 6.07) is 8.09. The van der Waals surface area contributed by atoms with E-state index >= 15 is 0 Å². The zero-order valence-electron chi connectivity index (χ0n) is 16.9. The van der Waals surface area contributed by atoms with Gasteiger partial charge in [-0.2, -0.15) is 4.68 Å². The van der Waals surface area contributed by atoms with Crippen LogP contribution in [0.1, 0.15) is 32.9 Å². The van der Waals surface area contributed by atoms with Crippen molar-refractivity contribution in [1.29, 1.82) is 0 Å². The van der Waals surface area contributed by atoms with E-state index < -0.39 is 0 Å². The molecule has 2 heterocycles. The number of ether oxygens (including phenoxy) is 1. The predicted molar refractivity (Wildman–Crippen MR) is 109 cm³/mol. The van der Waals surface area contributed by atoms with E-state index in [1.165, 1.54) is 11.8 Å². The molecule has 0 saturated heterocycles. The maximum atomic E-state index is 12.8. The van der Waals surface area contributed by atoms with Crippen LogP contribution in [0.25, 0.3) is 5.69 Å². The number of benzene rings is 1. The topological polar surface area (TPSA) is 74.8 Å². The number of aromatic nitrogens is 5. The molecule has 8 heteroatoms. The number of aryl methyl sites for hydroxylation is 3. The fourth-order valence-corrected chi connectivity index (χ4v) is 3.95. The molecule has 0 fully saturated rings. The first-order valence-corrected chi connectivity index (χ1v) is 10.1. The normalized spacial score (nSPS) is 11.2. The van der Waals surface area contributed by atoms with Gasteiger partial charge in [0.05, 0.1) is 18.0 Å². The highest BCUT2D eigenvalue weighted by molar-refractivity contribution is 7.99. The number of methoxy groups -OCH3 is 1. The van der Waals surface area contributed by atoms with E-state index in [4.69, 9.17) is 4.74 Å². The first-order valence-electron chi connectivity index (χ1n) is 9.10. The van der Waals surface area contributed by atoms with Gasteiger partial charge in [-0.3, -0.25) is 4.79 Å². The number of nitrogens with zero attached hydrogens (tertiary/aromatic N) is 5. The molecule has 0 aliphatic heterocycles. The van der Waals surface area contributed by atoms with Crippen LogP contribution < -0.4 is 0 Å². The maximum Gasteiger partial charge on any atom is 0.214 e. The first-order chi connectivity index (χ1) is 13.4. The summed E-state index contributed by atoms with van der Waals surface area (Å²) in [5, 5.41) is 12.6. The molecule has 7 nitrogen and oxygen atoms in total. The number of ketones is 1. The van der Waals surface area contributed by atoms with Crippen LogP contribution in [0.4, 0.5) is 0 Å². The van der Waals surface area contributed by atoms with Gasteiger partial charge >= 0.3 is 0 Å². The minimum Gasteiger partial charge on any atom is -0.383 e. The van der Waals surface area contributed by atoms with E-state index in [-0.39, 0.29) is 11.5 Å². The highest BCUT2D eigenvalue weighted by Gasteiger charge is 2.18. The molecular formula is C20H25N5O2S. The molecule has 0 N–H and O–H groups in total. The Labute approximate surface area is 169 Å². The second-order valence-electron chi connectivity index (χ2n) is 6.80. The van der Waals surface area contributed by atoms with Crippen LogP contribution in [0, 0.1) is 27.7 Å². The predicted octanol–water partition coefficient (Wildman–Crippen LogP) is 3.32. The molecular weight excluding hydrogens is 374 g/mol. The van der Waals surface area contributed by atoms with Crippen molar-refractivity contribution in [2.24, 2.45) is 0 Å². The van der Waals surface area contributed by atoms with Crippen molar-refractivity contribution >= 4 is 17.5 Å². The summed E-state index contributed by atoms with van der Waals surface area (Å²) >= 11 is 1.35. The highest BCUT2D eigenvalue weighted by atomic mass is 32.2. The van der Waals surface area contributed by atoms with Gasteiger partial charge in [-0.1, -0.05) is 23.9 Å². The largest absolute Gasteiger partial charge is 0.383 e. The molecule has 3 rings (SSSR count). The average Bonchev–Trinajstić information content (AvgIpc) is 3.24. The fourth-order valence-electron chi connectivity index (χ4n) is 3.19. The summed E-state index contributed by atoms with van der Waals surface area (Å²) in [6.07, 6.45) is 0. The second kappa shape index (κ2) is 8.70. The van der Waals surface area contributed by atoms with Crippen LogP contribution in [0.2, 0.25) is 0 Å². The van der Waals surface area contributed by atoms with Crippen molar-refractivity contribution < 1.29 is 9.53 Å². The van der Waals surface area contributed by atoms with Gasteiger partial charge in [0.1, 0.15) is 0 Å². The van der Waals surface area contributed by atoms with Crippen molar-refractivity contribution in [2.75, 3.05) is 19.5 Å². The van der Waals surface area contributed by atoms with Crippen molar-refractivity contribution in [1.82, 2.24) is 24.8 Å². The van der Waals surface area contributed by atoms with E-state index in [9.17, 15) is 4.79 Å². The molecule has 0 atom stereocenters. The third-order valence-electron chi connectivity index (χ3n) is 4.76. The van der Waals surface area contributed by atoms with E-state index in [1.807, 2.05) is 45.9 Å². The molecule has 2 aromatic heterocycles. The van der Waals surface area contributed by atoms with Crippen LogP contribution in [-0.2, 0) is 11.3 Å². The molecule has 1 aromatic carbocycles. The van der Waals surface area contributed by atoms with Gasteiger partial charge in [-0.25, -0.2) is 0 Å². The Morgan fingerprint density at radius 3 is 2.71 bits per heavy atom. The van der Waals surface area contributed by atoms with E-state index in [1.54, 1.807) is 11.8 Å². The third-order valence-corrected chi connectivity index (χ3v) is 5.68. The first kappa shape index (κ1) is 20.3. The SMILES string of the molecule is COCCn1c(C)cc(C(=O)CSc2nnnn2-c2cc(C)ccc2C)c1C. The molecule has 0 spiro atoms. The Morgan fingerprint density at radius 1 is 1.18 bits per heavy atom. The number of carbonyl (C=O) groups is 1. The minimum absolute atomic E-state index is 0.0669. The second-order valence-corrected chi connectivity index (χ2v) is 7.75. The molecule has 148 valence electrons. The minimum atomic E-state index is 0.0669. The highest BCUT2D eigenvalue weighted by Crippen LogP contribution is 2.24. The zero-order valence-corrected chi connectivity index (χ0v) is 17.7. The fraction of sp³-hybridized carbons (Fsp3) is 0.400. The van der Waals surface area contributed by atoms with Crippen LogP contribution in [0.15, 0.2) is 29.4 Å². The number of hydrogen-bond acceptors (Lipinski definition) is 6. The number of Topliss-reactive ketones (excluding diaryl/α,β-unsaturated/α-hetero) is 1. The van der Waals surface area contributed by atoms with Gasteiger partial charge in [0.15, 0.2) is 5.78 Å². The summed E-state index contributed by atoms with van der Waals surface area (Å²) in [5.74, 6) is 0.345.